The van der Waals surface area contributed by atoms with Gasteiger partial charge in [-0.1, -0.05) is 6.08 Å². The minimum atomic E-state index is -0.421. The van der Waals surface area contributed by atoms with Crippen LogP contribution in [0.4, 0.5) is 15.8 Å². The smallest absolute Gasteiger partial charge is 0.291 e. The molecule has 1 saturated heterocycles. The highest BCUT2D eigenvalue weighted by atomic mass is 19.1. The molecule has 1 amide bonds. The first-order chi connectivity index (χ1) is 14.6. The summed E-state index contributed by atoms with van der Waals surface area (Å²) in [7, 11) is 3.75. The number of furan rings is 1. The van der Waals surface area contributed by atoms with Gasteiger partial charge in [-0.15, -0.1) is 6.58 Å². The molecule has 0 saturated carbocycles. The van der Waals surface area contributed by atoms with Crippen molar-refractivity contribution in [1.82, 2.24) is 5.32 Å². The molecule has 6 nitrogen and oxygen atoms in total. The van der Waals surface area contributed by atoms with Crippen molar-refractivity contribution in [2.75, 3.05) is 37.4 Å². The first-order valence-corrected chi connectivity index (χ1v) is 10.0. The van der Waals surface area contributed by atoms with E-state index in [9.17, 15) is 9.18 Å². The van der Waals surface area contributed by atoms with Gasteiger partial charge in [-0.05, 0) is 63.7 Å². The average molecular weight is 416 g/mol. The Bertz CT molecular complexity index is 824. The molecule has 3 rings (SSSR count). The summed E-state index contributed by atoms with van der Waals surface area (Å²) in [6.07, 6.45) is 5.77. The Hall–Kier alpha value is -3.06. The molecule has 0 aliphatic carbocycles. The van der Waals surface area contributed by atoms with Crippen LogP contribution in [0.25, 0.3) is 0 Å². The largest absolute Gasteiger partial charge is 0.431 e. The number of anilines is 2. The SMILES string of the molecule is C=CCC/C(F)=C/Oc1ccc(C(=O)Nc2ccc(N3CCCC3)cc2)o1.CNC. The monoisotopic (exact) mass is 415 g/mol. The molecule has 0 atom stereocenters. The zero-order chi connectivity index (χ0) is 21.8. The fraction of sp³-hybridized carbons (Fsp3) is 0.348. The van der Waals surface area contributed by atoms with Crippen LogP contribution in [0, 0.1) is 0 Å². The summed E-state index contributed by atoms with van der Waals surface area (Å²) >= 11 is 0. The van der Waals surface area contributed by atoms with E-state index in [1.807, 2.05) is 38.4 Å². The molecule has 0 unspecified atom stereocenters. The van der Waals surface area contributed by atoms with E-state index in [4.69, 9.17) is 9.15 Å². The number of ether oxygens (including phenoxy) is 1. The zero-order valence-electron chi connectivity index (χ0n) is 17.6. The summed E-state index contributed by atoms with van der Waals surface area (Å²) < 4.78 is 23.8. The van der Waals surface area contributed by atoms with Gasteiger partial charge in [0, 0.05) is 37.0 Å². The number of allylic oxidation sites excluding steroid dienone is 2. The van der Waals surface area contributed by atoms with Crippen molar-refractivity contribution in [2.24, 2.45) is 0 Å². The molecule has 30 heavy (non-hydrogen) atoms. The van der Waals surface area contributed by atoms with E-state index >= 15 is 0 Å². The lowest BCUT2D eigenvalue weighted by Gasteiger charge is -2.17. The average Bonchev–Trinajstić information content (AvgIpc) is 3.44. The Kier molecular flexibility index (Phi) is 9.67. The first kappa shape index (κ1) is 23.2. The molecule has 2 N–H and O–H groups in total. The number of hydrogen-bond donors (Lipinski definition) is 2. The molecule has 1 aliphatic heterocycles. The molecule has 2 heterocycles. The number of carbonyl (C=O) groups excluding carboxylic acids is 1. The lowest BCUT2D eigenvalue weighted by Crippen LogP contribution is -2.17. The summed E-state index contributed by atoms with van der Waals surface area (Å²) in [6, 6.07) is 10.7. The predicted octanol–water partition coefficient (Wildman–Crippen LogP) is 5.12. The number of halogens is 1. The molecule has 1 aromatic carbocycles. The van der Waals surface area contributed by atoms with E-state index in [0.717, 1.165) is 25.0 Å². The summed E-state index contributed by atoms with van der Waals surface area (Å²) in [4.78, 5) is 14.6. The fourth-order valence-corrected chi connectivity index (χ4v) is 2.85. The molecule has 1 aliphatic rings. The molecule has 1 aromatic heterocycles. The van der Waals surface area contributed by atoms with Crippen LogP contribution in [-0.2, 0) is 0 Å². The third-order valence-electron chi connectivity index (χ3n) is 4.29. The summed E-state index contributed by atoms with van der Waals surface area (Å²) in [5.74, 6) is -0.669. The van der Waals surface area contributed by atoms with Gasteiger partial charge in [-0.2, -0.15) is 0 Å². The maximum atomic E-state index is 13.4. The Labute approximate surface area is 177 Å². The first-order valence-electron chi connectivity index (χ1n) is 10.0. The van der Waals surface area contributed by atoms with Crippen LogP contribution in [0.15, 0.2) is 65.6 Å². The number of carbonyl (C=O) groups is 1. The second-order valence-corrected chi connectivity index (χ2v) is 6.82. The van der Waals surface area contributed by atoms with Gasteiger partial charge >= 0.3 is 0 Å². The van der Waals surface area contributed by atoms with Gasteiger partial charge in [0.05, 0.1) is 0 Å². The van der Waals surface area contributed by atoms with Crippen LogP contribution in [0.2, 0.25) is 0 Å². The van der Waals surface area contributed by atoms with Crippen LogP contribution >= 0.6 is 0 Å². The normalized spacial score (nSPS) is 13.4. The highest BCUT2D eigenvalue weighted by Gasteiger charge is 2.14. The molecular formula is C23H30FN3O3. The van der Waals surface area contributed by atoms with Crippen LogP contribution in [0.5, 0.6) is 5.95 Å². The Morgan fingerprint density at radius 2 is 1.87 bits per heavy atom. The van der Waals surface area contributed by atoms with Crippen molar-refractivity contribution in [3.8, 4) is 5.95 Å². The highest BCUT2D eigenvalue weighted by Crippen LogP contribution is 2.23. The molecular weight excluding hydrogens is 385 g/mol. The van der Waals surface area contributed by atoms with Crippen LogP contribution in [-0.4, -0.2) is 33.1 Å². The quantitative estimate of drug-likeness (QED) is 0.462. The molecule has 1 fully saturated rings. The number of benzene rings is 1. The van der Waals surface area contributed by atoms with Gasteiger partial charge < -0.3 is 24.7 Å². The molecule has 2 aromatic rings. The number of rotatable bonds is 8. The number of hydrogen-bond acceptors (Lipinski definition) is 5. The lowest BCUT2D eigenvalue weighted by atomic mass is 10.2. The molecule has 7 heteroatoms. The van der Waals surface area contributed by atoms with E-state index in [2.05, 4.69) is 22.1 Å². The maximum absolute atomic E-state index is 13.4. The van der Waals surface area contributed by atoms with Gasteiger partial charge in [-0.25, -0.2) is 4.39 Å². The van der Waals surface area contributed by atoms with Gasteiger partial charge in [0.25, 0.3) is 11.9 Å². The third kappa shape index (κ3) is 7.40. The van der Waals surface area contributed by atoms with E-state index in [1.165, 1.54) is 25.0 Å². The van der Waals surface area contributed by atoms with Crippen LogP contribution in [0.3, 0.4) is 0 Å². The van der Waals surface area contributed by atoms with Crippen molar-refractivity contribution >= 4 is 17.3 Å². The maximum Gasteiger partial charge on any atom is 0.291 e. The second kappa shape index (κ2) is 12.5. The van der Waals surface area contributed by atoms with E-state index in [0.29, 0.717) is 12.1 Å². The lowest BCUT2D eigenvalue weighted by molar-refractivity contribution is 0.0991. The minimum Gasteiger partial charge on any atom is -0.431 e. The predicted molar refractivity (Wildman–Crippen MR) is 119 cm³/mol. The summed E-state index contributed by atoms with van der Waals surface area (Å²) in [6.45, 7) is 5.68. The number of amides is 1. The van der Waals surface area contributed by atoms with Crippen LogP contribution < -0.4 is 20.3 Å². The van der Waals surface area contributed by atoms with Crippen LogP contribution in [0.1, 0.15) is 36.2 Å². The standard InChI is InChI=1S/C21H23FN2O3.C2H7N/c1-2-3-6-16(22)15-26-20-12-11-19(27-20)21(25)23-17-7-9-18(10-8-17)24-13-4-5-14-24;1-3-2/h2,7-12,15H,1,3-6,13-14H2,(H,23,25);3H,1-2H3/b16-15-;. The summed E-state index contributed by atoms with van der Waals surface area (Å²) in [5.41, 5.74) is 1.83. The van der Waals surface area contributed by atoms with Crippen molar-refractivity contribution in [3.05, 3.63) is 66.9 Å². The van der Waals surface area contributed by atoms with Crippen molar-refractivity contribution in [1.29, 1.82) is 0 Å². The van der Waals surface area contributed by atoms with Gasteiger partial charge in [0.2, 0.25) is 0 Å². The summed E-state index contributed by atoms with van der Waals surface area (Å²) in [5, 5.41) is 5.52. The fourth-order valence-electron chi connectivity index (χ4n) is 2.85. The highest BCUT2D eigenvalue weighted by molar-refractivity contribution is 6.02. The van der Waals surface area contributed by atoms with Gasteiger partial charge in [-0.3, -0.25) is 4.79 Å². The Morgan fingerprint density at radius 1 is 1.20 bits per heavy atom. The topological polar surface area (TPSA) is 66.7 Å². The molecule has 0 bridgehead atoms. The minimum absolute atomic E-state index is 0.0540. The van der Waals surface area contributed by atoms with Crippen molar-refractivity contribution < 1.29 is 18.3 Å². The van der Waals surface area contributed by atoms with Gasteiger partial charge in [0.1, 0.15) is 12.1 Å². The van der Waals surface area contributed by atoms with Crippen molar-refractivity contribution in [3.63, 3.8) is 0 Å². The Morgan fingerprint density at radius 3 is 2.50 bits per heavy atom. The van der Waals surface area contributed by atoms with E-state index in [1.54, 1.807) is 6.08 Å². The zero-order valence-corrected chi connectivity index (χ0v) is 17.6. The van der Waals surface area contributed by atoms with Crippen molar-refractivity contribution in [2.45, 2.75) is 25.7 Å². The van der Waals surface area contributed by atoms with E-state index < -0.39 is 11.7 Å². The van der Waals surface area contributed by atoms with Gasteiger partial charge in [0.15, 0.2) is 5.76 Å². The molecule has 0 radical (unpaired) electrons. The molecule has 162 valence electrons. The Balaban J connectivity index is 0.00000101. The van der Waals surface area contributed by atoms with E-state index in [-0.39, 0.29) is 18.1 Å². The second-order valence-electron chi connectivity index (χ2n) is 6.82. The number of nitrogens with zero attached hydrogens (tertiary/aromatic N) is 1. The molecule has 0 spiro atoms. The third-order valence-corrected chi connectivity index (χ3v) is 4.29. The number of nitrogens with one attached hydrogen (secondary N) is 2.